The summed E-state index contributed by atoms with van der Waals surface area (Å²) in [5.41, 5.74) is 1.01. The SMILES string of the molecule is COC(C)(C(C)C)C1CN(c2ccc(F)c(-c3n[nH]c4ncccc34)n2)CCN1. The third-order valence-corrected chi connectivity index (χ3v) is 6.17. The summed E-state index contributed by atoms with van der Waals surface area (Å²) < 4.78 is 20.5. The molecule has 8 heteroatoms. The van der Waals surface area contributed by atoms with E-state index in [1.807, 2.05) is 12.1 Å². The van der Waals surface area contributed by atoms with Gasteiger partial charge in [0, 0.05) is 38.3 Å². The number of nitrogens with one attached hydrogen (secondary N) is 2. The molecule has 0 radical (unpaired) electrons. The lowest BCUT2D eigenvalue weighted by Gasteiger charge is -2.45. The third-order valence-electron chi connectivity index (χ3n) is 6.17. The van der Waals surface area contributed by atoms with Crippen LogP contribution < -0.4 is 10.2 Å². The van der Waals surface area contributed by atoms with E-state index >= 15 is 0 Å². The van der Waals surface area contributed by atoms with Crippen molar-refractivity contribution in [2.24, 2.45) is 5.92 Å². The van der Waals surface area contributed by atoms with Gasteiger partial charge in [-0.05, 0) is 37.1 Å². The second-order valence-corrected chi connectivity index (χ2v) is 7.97. The summed E-state index contributed by atoms with van der Waals surface area (Å²) in [6.45, 7) is 8.77. The number of hydrogen-bond acceptors (Lipinski definition) is 6. The van der Waals surface area contributed by atoms with Gasteiger partial charge in [-0.3, -0.25) is 5.10 Å². The average molecular weight is 398 g/mol. The summed E-state index contributed by atoms with van der Waals surface area (Å²) in [7, 11) is 1.76. The number of pyridine rings is 2. The van der Waals surface area contributed by atoms with Crippen molar-refractivity contribution in [3.63, 3.8) is 0 Å². The molecule has 0 spiro atoms. The minimum Gasteiger partial charge on any atom is -0.377 e. The normalized spacial score (nSPS) is 19.7. The van der Waals surface area contributed by atoms with E-state index in [1.54, 1.807) is 19.4 Å². The number of piperazine rings is 1. The Morgan fingerprint density at radius 3 is 2.86 bits per heavy atom. The van der Waals surface area contributed by atoms with Crippen molar-refractivity contribution in [3.05, 3.63) is 36.3 Å². The molecule has 0 aliphatic carbocycles. The smallest absolute Gasteiger partial charge is 0.155 e. The number of nitrogens with zero attached hydrogens (tertiary/aromatic N) is 4. The van der Waals surface area contributed by atoms with E-state index < -0.39 is 5.82 Å². The summed E-state index contributed by atoms with van der Waals surface area (Å²) in [6.07, 6.45) is 1.67. The van der Waals surface area contributed by atoms with Gasteiger partial charge < -0.3 is 15.0 Å². The van der Waals surface area contributed by atoms with E-state index in [4.69, 9.17) is 4.74 Å². The van der Waals surface area contributed by atoms with Crippen LogP contribution in [-0.2, 0) is 4.74 Å². The van der Waals surface area contributed by atoms with Crippen LogP contribution in [0.3, 0.4) is 0 Å². The van der Waals surface area contributed by atoms with Gasteiger partial charge in [0.05, 0.1) is 11.6 Å². The average Bonchev–Trinajstić information content (AvgIpc) is 3.17. The highest BCUT2D eigenvalue weighted by atomic mass is 19.1. The van der Waals surface area contributed by atoms with Crippen molar-refractivity contribution < 1.29 is 9.13 Å². The van der Waals surface area contributed by atoms with Crippen LogP contribution in [0.5, 0.6) is 0 Å². The van der Waals surface area contributed by atoms with E-state index in [2.05, 4.69) is 51.2 Å². The highest BCUT2D eigenvalue weighted by molar-refractivity contribution is 5.89. The molecule has 3 aromatic heterocycles. The second kappa shape index (κ2) is 7.68. The molecule has 1 aliphatic heterocycles. The van der Waals surface area contributed by atoms with Crippen molar-refractivity contribution in [1.29, 1.82) is 0 Å². The Morgan fingerprint density at radius 2 is 2.10 bits per heavy atom. The number of aromatic nitrogens is 4. The number of ether oxygens (including phenoxy) is 1. The topological polar surface area (TPSA) is 79.0 Å². The second-order valence-electron chi connectivity index (χ2n) is 7.97. The van der Waals surface area contributed by atoms with Crippen LogP contribution in [-0.4, -0.2) is 58.6 Å². The van der Waals surface area contributed by atoms with E-state index in [0.717, 1.165) is 30.8 Å². The minimum atomic E-state index is -0.401. The molecule has 29 heavy (non-hydrogen) atoms. The lowest BCUT2D eigenvalue weighted by molar-refractivity contribution is -0.0614. The molecular formula is C21H27FN6O. The molecule has 1 saturated heterocycles. The first-order valence-corrected chi connectivity index (χ1v) is 9.93. The van der Waals surface area contributed by atoms with Gasteiger partial charge in [0.15, 0.2) is 11.5 Å². The molecule has 7 nitrogen and oxygen atoms in total. The lowest BCUT2D eigenvalue weighted by atomic mass is 9.83. The zero-order valence-corrected chi connectivity index (χ0v) is 17.2. The first kappa shape index (κ1) is 19.7. The summed E-state index contributed by atoms with van der Waals surface area (Å²) in [6, 6.07) is 6.99. The quantitative estimate of drug-likeness (QED) is 0.688. The minimum absolute atomic E-state index is 0.131. The van der Waals surface area contributed by atoms with Crippen LogP contribution >= 0.6 is 0 Å². The maximum Gasteiger partial charge on any atom is 0.155 e. The van der Waals surface area contributed by atoms with E-state index in [-0.39, 0.29) is 17.3 Å². The number of anilines is 1. The number of methoxy groups -OCH3 is 1. The van der Waals surface area contributed by atoms with Crippen molar-refractivity contribution in [2.75, 3.05) is 31.6 Å². The number of aromatic amines is 1. The molecule has 0 saturated carbocycles. The first-order valence-electron chi connectivity index (χ1n) is 9.93. The molecule has 3 aromatic rings. The largest absolute Gasteiger partial charge is 0.377 e. The van der Waals surface area contributed by atoms with Gasteiger partial charge in [0.1, 0.15) is 17.2 Å². The fourth-order valence-electron chi connectivity index (χ4n) is 3.93. The highest BCUT2D eigenvalue weighted by Crippen LogP contribution is 2.30. The van der Waals surface area contributed by atoms with Crippen LogP contribution in [0.4, 0.5) is 10.2 Å². The van der Waals surface area contributed by atoms with Crippen molar-refractivity contribution in [1.82, 2.24) is 25.5 Å². The first-order chi connectivity index (χ1) is 13.9. The molecule has 2 unspecified atom stereocenters. The van der Waals surface area contributed by atoms with Crippen LogP contribution in [0.25, 0.3) is 22.4 Å². The Labute approximate surface area is 169 Å². The van der Waals surface area contributed by atoms with E-state index in [9.17, 15) is 4.39 Å². The molecule has 0 aromatic carbocycles. The Morgan fingerprint density at radius 1 is 1.28 bits per heavy atom. The zero-order chi connectivity index (χ0) is 20.6. The molecule has 4 heterocycles. The standard InChI is InChI=1S/C21H27FN6O/c1-13(2)21(3,29-4)16-12-28(11-10-23-16)17-8-7-15(22)19(25-17)18-14-6-5-9-24-20(14)27-26-18/h5-9,13,16,23H,10-12H2,1-4H3,(H,24,26,27). The number of fused-ring (bicyclic) bond motifs is 1. The zero-order valence-electron chi connectivity index (χ0n) is 17.2. The number of hydrogen-bond donors (Lipinski definition) is 2. The fourth-order valence-corrected chi connectivity index (χ4v) is 3.93. The fraction of sp³-hybridized carbons (Fsp3) is 0.476. The van der Waals surface area contributed by atoms with Crippen molar-refractivity contribution in [2.45, 2.75) is 32.4 Å². The van der Waals surface area contributed by atoms with Gasteiger partial charge in [-0.15, -0.1) is 0 Å². The summed E-state index contributed by atoms with van der Waals surface area (Å²) >= 11 is 0. The predicted molar refractivity (Wildman–Crippen MR) is 111 cm³/mol. The molecule has 0 bridgehead atoms. The lowest BCUT2D eigenvalue weighted by Crippen LogP contribution is -2.63. The monoisotopic (exact) mass is 398 g/mol. The molecule has 2 atom stereocenters. The Bertz CT molecular complexity index is 1010. The number of rotatable bonds is 5. The summed E-state index contributed by atoms with van der Waals surface area (Å²) in [4.78, 5) is 11.1. The van der Waals surface area contributed by atoms with Crippen molar-refractivity contribution >= 4 is 16.9 Å². The third kappa shape index (κ3) is 3.47. The number of H-pyrrole nitrogens is 1. The summed E-state index contributed by atoms with van der Waals surface area (Å²) in [5, 5.41) is 11.4. The van der Waals surface area contributed by atoms with Crippen LogP contribution in [0, 0.1) is 11.7 Å². The molecular weight excluding hydrogens is 371 g/mol. The Hall–Kier alpha value is -2.58. The maximum atomic E-state index is 14.7. The maximum absolute atomic E-state index is 14.7. The van der Waals surface area contributed by atoms with Crippen LogP contribution in [0.15, 0.2) is 30.5 Å². The predicted octanol–water partition coefficient (Wildman–Crippen LogP) is 3.00. The highest BCUT2D eigenvalue weighted by Gasteiger charge is 2.40. The van der Waals surface area contributed by atoms with E-state index in [0.29, 0.717) is 17.3 Å². The molecule has 4 rings (SSSR count). The van der Waals surface area contributed by atoms with Crippen molar-refractivity contribution in [3.8, 4) is 11.4 Å². The molecule has 154 valence electrons. The summed E-state index contributed by atoms with van der Waals surface area (Å²) in [5.74, 6) is 0.668. The van der Waals surface area contributed by atoms with Gasteiger partial charge >= 0.3 is 0 Å². The Kier molecular flexibility index (Phi) is 5.23. The van der Waals surface area contributed by atoms with E-state index in [1.165, 1.54) is 6.07 Å². The number of halogens is 1. The molecule has 2 N–H and O–H groups in total. The Balaban J connectivity index is 1.67. The van der Waals surface area contributed by atoms with Gasteiger partial charge in [-0.1, -0.05) is 13.8 Å². The van der Waals surface area contributed by atoms with Gasteiger partial charge in [-0.25, -0.2) is 14.4 Å². The van der Waals surface area contributed by atoms with Gasteiger partial charge in [0.2, 0.25) is 0 Å². The van der Waals surface area contributed by atoms with Crippen LogP contribution in [0.2, 0.25) is 0 Å². The van der Waals surface area contributed by atoms with Gasteiger partial charge in [0.25, 0.3) is 0 Å². The van der Waals surface area contributed by atoms with Gasteiger partial charge in [-0.2, -0.15) is 5.10 Å². The molecule has 1 aliphatic rings. The molecule has 0 amide bonds. The van der Waals surface area contributed by atoms with Crippen LogP contribution in [0.1, 0.15) is 20.8 Å². The molecule has 1 fully saturated rings.